The zero-order chi connectivity index (χ0) is 18.6. The molecule has 0 bridgehead atoms. The summed E-state index contributed by atoms with van der Waals surface area (Å²) in [7, 11) is 0. The molecule has 0 unspecified atom stereocenters. The standard InChI is InChI=1S/C20H21ClN4S/c1-10(2)17-19-24-23-13(5)25(19)20-16(11(3)12(4)26-20)18(22-17)14-6-8-15(21)9-7-14/h6-10,17H,1-5H3/t17-/m0/s1. The number of fused-ring (bicyclic) bond motifs is 3. The minimum Gasteiger partial charge on any atom is -0.272 e. The van der Waals surface area contributed by atoms with Crippen molar-refractivity contribution in [2.75, 3.05) is 0 Å². The van der Waals surface area contributed by atoms with Gasteiger partial charge in [-0.2, -0.15) is 0 Å². The predicted molar refractivity (Wildman–Crippen MR) is 108 cm³/mol. The zero-order valence-electron chi connectivity index (χ0n) is 15.5. The minimum absolute atomic E-state index is 0.0406. The molecule has 1 atom stereocenters. The molecule has 0 radical (unpaired) electrons. The SMILES string of the molecule is Cc1sc2c(c1C)C(c1ccc(Cl)cc1)=N[C@@H](C(C)C)c1nnc(C)n1-2. The monoisotopic (exact) mass is 384 g/mol. The first-order chi connectivity index (χ1) is 12.4. The number of rotatable bonds is 2. The van der Waals surface area contributed by atoms with Crippen LogP contribution in [0.4, 0.5) is 0 Å². The molecular weight excluding hydrogens is 364 g/mol. The van der Waals surface area contributed by atoms with E-state index in [1.54, 1.807) is 11.3 Å². The fourth-order valence-electron chi connectivity index (χ4n) is 3.40. The minimum atomic E-state index is -0.0406. The first-order valence-electron chi connectivity index (χ1n) is 8.75. The number of hydrogen-bond donors (Lipinski definition) is 0. The van der Waals surface area contributed by atoms with Gasteiger partial charge in [0.25, 0.3) is 0 Å². The summed E-state index contributed by atoms with van der Waals surface area (Å²) in [6, 6.07) is 7.91. The van der Waals surface area contributed by atoms with Crippen LogP contribution in [0.5, 0.6) is 0 Å². The van der Waals surface area contributed by atoms with Crippen LogP contribution < -0.4 is 0 Å². The molecule has 0 saturated carbocycles. The van der Waals surface area contributed by atoms with Crippen molar-refractivity contribution in [2.45, 2.75) is 40.7 Å². The van der Waals surface area contributed by atoms with Gasteiger partial charge in [0.2, 0.25) is 0 Å². The van der Waals surface area contributed by atoms with Crippen LogP contribution in [0.15, 0.2) is 29.3 Å². The highest BCUT2D eigenvalue weighted by molar-refractivity contribution is 7.15. The summed E-state index contributed by atoms with van der Waals surface area (Å²) in [4.78, 5) is 6.49. The normalized spacial score (nSPS) is 16.3. The largest absolute Gasteiger partial charge is 0.272 e. The van der Waals surface area contributed by atoms with Crippen molar-refractivity contribution in [3.63, 3.8) is 0 Å². The summed E-state index contributed by atoms with van der Waals surface area (Å²) in [5, 5.41) is 10.7. The van der Waals surface area contributed by atoms with Crippen LogP contribution >= 0.6 is 22.9 Å². The molecule has 1 aliphatic heterocycles. The Labute approximate surface area is 162 Å². The number of aliphatic imine (C=N–C) groups is 1. The van der Waals surface area contributed by atoms with Gasteiger partial charge in [0.1, 0.15) is 16.9 Å². The van der Waals surface area contributed by atoms with Gasteiger partial charge in [-0.3, -0.25) is 9.56 Å². The number of hydrogen-bond acceptors (Lipinski definition) is 4. The lowest BCUT2D eigenvalue weighted by molar-refractivity contribution is 0.488. The zero-order valence-corrected chi connectivity index (χ0v) is 17.1. The van der Waals surface area contributed by atoms with Crippen molar-refractivity contribution in [3.8, 4) is 5.00 Å². The predicted octanol–water partition coefficient (Wildman–Crippen LogP) is 5.46. The number of thiophene rings is 1. The Hall–Kier alpha value is -1.98. The first-order valence-corrected chi connectivity index (χ1v) is 9.94. The van der Waals surface area contributed by atoms with E-state index in [9.17, 15) is 0 Å². The highest BCUT2D eigenvalue weighted by Gasteiger charge is 2.32. The number of aryl methyl sites for hydroxylation is 2. The quantitative estimate of drug-likeness (QED) is 0.589. The van der Waals surface area contributed by atoms with Crippen LogP contribution in [0.3, 0.4) is 0 Å². The molecule has 134 valence electrons. The van der Waals surface area contributed by atoms with Gasteiger partial charge >= 0.3 is 0 Å². The van der Waals surface area contributed by atoms with E-state index in [1.807, 2.05) is 31.2 Å². The lowest BCUT2D eigenvalue weighted by atomic mass is 9.99. The van der Waals surface area contributed by atoms with Gasteiger partial charge in [-0.25, -0.2) is 0 Å². The third-order valence-electron chi connectivity index (χ3n) is 4.94. The highest BCUT2D eigenvalue weighted by atomic mass is 35.5. The Bertz CT molecular complexity index is 1010. The maximum absolute atomic E-state index is 6.11. The van der Waals surface area contributed by atoms with Gasteiger partial charge in [0.05, 0.1) is 5.71 Å². The van der Waals surface area contributed by atoms with E-state index in [2.05, 4.69) is 42.5 Å². The Kier molecular flexibility index (Phi) is 4.24. The molecule has 0 N–H and O–H groups in total. The molecule has 6 heteroatoms. The topological polar surface area (TPSA) is 43.1 Å². The van der Waals surface area contributed by atoms with Crippen molar-refractivity contribution in [1.82, 2.24) is 14.8 Å². The van der Waals surface area contributed by atoms with E-state index in [4.69, 9.17) is 16.6 Å². The molecule has 3 heterocycles. The van der Waals surface area contributed by atoms with E-state index in [-0.39, 0.29) is 6.04 Å². The molecular formula is C20H21ClN4S. The number of benzene rings is 1. The Morgan fingerprint density at radius 2 is 1.77 bits per heavy atom. The highest BCUT2D eigenvalue weighted by Crippen LogP contribution is 2.40. The summed E-state index contributed by atoms with van der Waals surface area (Å²) >= 11 is 7.90. The summed E-state index contributed by atoms with van der Waals surface area (Å²) in [5.74, 6) is 2.14. The van der Waals surface area contributed by atoms with E-state index in [0.717, 1.165) is 32.9 Å². The average molecular weight is 385 g/mol. The van der Waals surface area contributed by atoms with Crippen molar-refractivity contribution in [3.05, 3.63) is 62.5 Å². The van der Waals surface area contributed by atoms with E-state index < -0.39 is 0 Å². The van der Waals surface area contributed by atoms with Gasteiger partial charge in [-0.1, -0.05) is 37.6 Å². The second-order valence-corrected chi connectivity index (χ2v) is 8.72. The van der Waals surface area contributed by atoms with Crippen LogP contribution in [0.1, 0.15) is 53.1 Å². The van der Waals surface area contributed by atoms with Gasteiger partial charge in [-0.15, -0.1) is 21.5 Å². The summed E-state index contributed by atoms with van der Waals surface area (Å²) in [6.45, 7) is 10.7. The molecule has 1 aromatic carbocycles. The molecule has 4 nitrogen and oxygen atoms in total. The Morgan fingerprint density at radius 1 is 1.08 bits per heavy atom. The third-order valence-corrected chi connectivity index (χ3v) is 6.38. The molecule has 1 aliphatic rings. The maximum atomic E-state index is 6.11. The molecule has 0 amide bonds. The smallest absolute Gasteiger partial charge is 0.163 e. The summed E-state index contributed by atoms with van der Waals surface area (Å²) in [6.07, 6.45) is 0. The number of aromatic nitrogens is 3. The van der Waals surface area contributed by atoms with Crippen LogP contribution in [0.2, 0.25) is 5.02 Å². The van der Waals surface area contributed by atoms with Crippen molar-refractivity contribution in [2.24, 2.45) is 10.9 Å². The van der Waals surface area contributed by atoms with Gasteiger partial charge in [0.15, 0.2) is 5.82 Å². The van der Waals surface area contributed by atoms with Gasteiger partial charge in [-0.05, 0) is 44.4 Å². The number of nitrogens with zero attached hydrogens (tertiary/aromatic N) is 4. The van der Waals surface area contributed by atoms with Crippen molar-refractivity contribution in [1.29, 1.82) is 0 Å². The molecule has 3 aromatic rings. The first kappa shape index (κ1) is 17.4. The van der Waals surface area contributed by atoms with Gasteiger partial charge < -0.3 is 0 Å². The van der Waals surface area contributed by atoms with Crippen LogP contribution in [0, 0.1) is 26.7 Å². The Morgan fingerprint density at radius 3 is 2.42 bits per heavy atom. The molecule has 4 rings (SSSR count). The summed E-state index contributed by atoms with van der Waals surface area (Å²) in [5.41, 5.74) is 4.55. The molecule has 0 saturated heterocycles. The van der Waals surface area contributed by atoms with Crippen LogP contribution in [-0.2, 0) is 0 Å². The molecule has 26 heavy (non-hydrogen) atoms. The van der Waals surface area contributed by atoms with Crippen LogP contribution in [0.25, 0.3) is 5.00 Å². The van der Waals surface area contributed by atoms with E-state index in [0.29, 0.717) is 5.92 Å². The number of halogens is 1. The summed E-state index contributed by atoms with van der Waals surface area (Å²) < 4.78 is 2.19. The fraction of sp³-hybridized carbons (Fsp3) is 0.350. The molecule has 0 aliphatic carbocycles. The second kappa shape index (κ2) is 6.32. The van der Waals surface area contributed by atoms with Gasteiger partial charge in [0, 0.05) is 21.0 Å². The van der Waals surface area contributed by atoms with Crippen molar-refractivity contribution >= 4 is 28.6 Å². The lowest BCUT2D eigenvalue weighted by Crippen LogP contribution is -2.11. The van der Waals surface area contributed by atoms with E-state index >= 15 is 0 Å². The fourth-order valence-corrected chi connectivity index (χ4v) is 4.74. The second-order valence-electron chi connectivity index (χ2n) is 7.08. The molecule has 0 fully saturated rings. The Balaban J connectivity index is 2.07. The molecule has 2 aromatic heterocycles. The average Bonchev–Trinajstić information content (AvgIpc) is 3.05. The van der Waals surface area contributed by atoms with E-state index in [1.165, 1.54) is 16.0 Å². The third kappa shape index (κ3) is 2.61. The maximum Gasteiger partial charge on any atom is 0.163 e. The lowest BCUT2D eigenvalue weighted by Gasteiger charge is -2.16. The molecule has 0 spiro atoms. The van der Waals surface area contributed by atoms with Crippen molar-refractivity contribution < 1.29 is 0 Å². The van der Waals surface area contributed by atoms with Crippen LogP contribution in [-0.4, -0.2) is 20.5 Å².